The predicted octanol–water partition coefficient (Wildman–Crippen LogP) is 3.59. The quantitative estimate of drug-likeness (QED) is 0.715. The van der Waals surface area contributed by atoms with Crippen LogP contribution in [0.25, 0.3) is 10.9 Å². The molecule has 0 spiro atoms. The van der Waals surface area contributed by atoms with E-state index in [-0.39, 0.29) is 23.3 Å². The number of halogens is 1. The lowest BCUT2D eigenvalue weighted by Crippen LogP contribution is -2.39. The van der Waals surface area contributed by atoms with Crippen molar-refractivity contribution in [1.82, 2.24) is 9.88 Å². The number of pyridine rings is 1. The van der Waals surface area contributed by atoms with Gasteiger partial charge in [-0.05, 0) is 55.7 Å². The van der Waals surface area contributed by atoms with Gasteiger partial charge in [0, 0.05) is 36.5 Å². The summed E-state index contributed by atoms with van der Waals surface area (Å²) in [6, 6.07) is 8.91. The summed E-state index contributed by atoms with van der Waals surface area (Å²) in [5, 5.41) is 3.03. The Labute approximate surface area is 168 Å². The lowest BCUT2D eigenvalue weighted by atomic mass is 10.0. The van der Waals surface area contributed by atoms with Gasteiger partial charge in [-0.15, -0.1) is 0 Å². The Kier molecular flexibility index (Phi) is 4.96. The summed E-state index contributed by atoms with van der Waals surface area (Å²) in [4.78, 5) is 30.7. The molecule has 0 fully saturated rings. The van der Waals surface area contributed by atoms with Crippen molar-refractivity contribution in [2.75, 3.05) is 18.4 Å². The molecule has 6 heteroatoms. The zero-order valence-electron chi connectivity index (χ0n) is 16.9. The number of nitrogens with zero attached hydrogens (tertiary/aromatic N) is 1. The number of fused-ring (bicyclic) bond motifs is 2. The van der Waals surface area contributed by atoms with Crippen molar-refractivity contribution in [2.45, 2.75) is 33.7 Å². The number of nitrogens with one attached hydrogen (secondary N) is 2. The third kappa shape index (κ3) is 3.80. The number of carbonyl (C=O) groups is 1. The van der Waals surface area contributed by atoms with Crippen LogP contribution in [0.1, 0.15) is 27.9 Å². The second kappa shape index (κ2) is 7.44. The van der Waals surface area contributed by atoms with Crippen LogP contribution in [0, 0.1) is 26.6 Å². The lowest BCUT2D eigenvalue weighted by molar-refractivity contribution is -0.117. The summed E-state index contributed by atoms with van der Waals surface area (Å²) in [6.07, 6.45) is 0.618. The molecule has 2 aromatic carbocycles. The first-order valence-electron chi connectivity index (χ1n) is 9.75. The summed E-state index contributed by atoms with van der Waals surface area (Å²) in [5.41, 5.74) is 5.45. The number of hydrogen-bond acceptors (Lipinski definition) is 3. The largest absolute Gasteiger partial charge is 0.358 e. The van der Waals surface area contributed by atoms with E-state index in [0.717, 1.165) is 28.1 Å². The Morgan fingerprint density at radius 2 is 1.90 bits per heavy atom. The van der Waals surface area contributed by atoms with E-state index in [0.29, 0.717) is 30.6 Å². The van der Waals surface area contributed by atoms with Gasteiger partial charge in [0.25, 0.3) is 0 Å². The number of anilines is 1. The van der Waals surface area contributed by atoms with Crippen LogP contribution in [-0.4, -0.2) is 28.9 Å². The highest BCUT2D eigenvalue weighted by atomic mass is 19.1. The maximum Gasteiger partial charge on any atom is 0.238 e. The minimum Gasteiger partial charge on any atom is -0.358 e. The molecule has 0 saturated heterocycles. The van der Waals surface area contributed by atoms with Crippen LogP contribution in [0.5, 0.6) is 0 Å². The van der Waals surface area contributed by atoms with E-state index >= 15 is 0 Å². The molecule has 0 aliphatic carbocycles. The zero-order chi connectivity index (χ0) is 20.7. The van der Waals surface area contributed by atoms with Crippen molar-refractivity contribution in [1.29, 1.82) is 0 Å². The Bertz CT molecular complexity index is 1160. The highest BCUT2D eigenvalue weighted by Crippen LogP contribution is 2.22. The van der Waals surface area contributed by atoms with Crippen molar-refractivity contribution >= 4 is 22.5 Å². The number of rotatable bonds is 3. The van der Waals surface area contributed by atoms with E-state index < -0.39 is 5.82 Å². The van der Waals surface area contributed by atoms with E-state index in [4.69, 9.17) is 0 Å². The lowest BCUT2D eigenvalue weighted by Gasteiger charge is -2.28. The molecule has 150 valence electrons. The van der Waals surface area contributed by atoms with Crippen LogP contribution >= 0.6 is 0 Å². The minimum absolute atomic E-state index is 0.102. The molecule has 2 heterocycles. The number of amides is 1. The van der Waals surface area contributed by atoms with Gasteiger partial charge >= 0.3 is 0 Å². The Morgan fingerprint density at radius 3 is 2.62 bits per heavy atom. The van der Waals surface area contributed by atoms with Crippen molar-refractivity contribution in [3.8, 4) is 0 Å². The van der Waals surface area contributed by atoms with Crippen molar-refractivity contribution in [2.24, 2.45) is 0 Å². The van der Waals surface area contributed by atoms with E-state index in [2.05, 4.69) is 16.4 Å². The number of aryl methyl sites for hydroxylation is 3. The number of H-pyrrole nitrogens is 1. The fraction of sp³-hybridized carbons (Fsp3) is 0.304. The average Bonchev–Trinajstić information content (AvgIpc) is 2.64. The number of hydrogen-bond donors (Lipinski definition) is 2. The molecule has 1 aliphatic heterocycles. The Morgan fingerprint density at radius 1 is 1.17 bits per heavy atom. The second-order valence-electron chi connectivity index (χ2n) is 7.91. The van der Waals surface area contributed by atoms with Crippen LogP contribution in [0.15, 0.2) is 35.1 Å². The number of carbonyl (C=O) groups excluding carboxylic acids is 1. The van der Waals surface area contributed by atoms with Gasteiger partial charge in [-0.1, -0.05) is 12.1 Å². The molecule has 29 heavy (non-hydrogen) atoms. The fourth-order valence-corrected chi connectivity index (χ4v) is 4.12. The molecule has 4 rings (SSSR count). The molecule has 0 radical (unpaired) electrons. The molecule has 0 bridgehead atoms. The summed E-state index contributed by atoms with van der Waals surface area (Å²) in [5.74, 6) is -0.642. The third-order valence-electron chi connectivity index (χ3n) is 5.44. The normalized spacial score (nSPS) is 14.1. The van der Waals surface area contributed by atoms with Gasteiger partial charge in [0.05, 0.1) is 17.4 Å². The van der Waals surface area contributed by atoms with E-state index in [1.807, 2.05) is 37.8 Å². The van der Waals surface area contributed by atoms with Gasteiger partial charge < -0.3 is 10.3 Å². The van der Waals surface area contributed by atoms with Crippen LogP contribution in [0.2, 0.25) is 0 Å². The van der Waals surface area contributed by atoms with Crippen LogP contribution in [-0.2, 0) is 17.8 Å². The fourth-order valence-electron chi connectivity index (χ4n) is 4.12. The highest BCUT2D eigenvalue weighted by molar-refractivity contribution is 5.92. The molecule has 3 aromatic rings. The third-order valence-corrected chi connectivity index (χ3v) is 5.44. The molecule has 5 nitrogen and oxygen atoms in total. The molecule has 1 aliphatic rings. The molecule has 0 atom stereocenters. The summed E-state index contributed by atoms with van der Waals surface area (Å²) in [7, 11) is 0. The van der Waals surface area contributed by atoms with Crippen LogP contribution < -0.4 is 10.7 Å². The molecule has 0 saturated carbocycles. The zero-order valence-corrected chi connectivity index (χ0v) is 16.9. The topological polar surface area (TPSA) is 65.2 Å². The van der Waals surface area contributed by atoms with Crippen LogP contribution in [0.4, 0.5) is 10.1 Å². The van der Waals surface area contributed by atoms with Gasteiger partial charge in [-0.25, -0.2) is 4.39 Å². The molecular weight excluding hydrogens is 369 g/mol. The Balaban J connectivity index is 1.55. The highest BCUT2D eigenvalue weighted by Gasteiger charge is 2.24. The summed E-state index contributed by atoms with van der Waals surface area (Å²) < 4.78 is 14.3. The van der Waals surface area contributed by atoms with E-state index in [1.165, 1.54) is 6.07 Å². The van der Waals surface area contributed by atoms with Gasteiger partial charge in [0.15, 0.2) is 5.43 Å². The van der Waals surface area contributed by atoms with Crippen LogP contribution in [0.3, 0.4) is 0 Å². The smallest absolute Gasteiger partial charge is 0.238 e. The number of aromatic nitrogens is 1. The second-order valence-corrected chi connectivity index (χ2v) is 7.91. The predicted molar refractivity (Wildman–Crippen MR) is 113 cm³/mol. The molecule has 2 N–H and O–H groups in total. The molecule has 1 aromatic heterocycles. The summed E-state index contributed by atoms with van der Waals surface area (Å²) >= 11 is 0. The SMILES string of the molecule is Cc1cc(C)cc(NC(=O)CN2CCc3[nH]c4c(C)ccc(F)c4c(=O)c3C2)c1. The van der Waals surface area contributed by atoms with Gasteiger partial charge in [0.1, 0.15) is 5.82 Å². The van der Waals surface area contributed by atoms with E-state index in [1.54, 1.807) is 6.07 Å². The first-order valence-corrected chi connectivity index (χ1v) is 9.75. The average molecular weight is 393 g/mol. The first kappa shape index (κ1) is 19.3. The van der Waals surface area contributed by atoms with Gasteiger partial charge in [0.2, 0.25) is 5.91 Å². The molecular formula is C23H24FN3O2. The van der Waals surface area contributed by atoms with Crippen molar-refractivity contribution < 1.29 is 9.18 Å². The van der Waals surface area contributed by atoms with E-state index in [9.17, 15) is 14.0 Å². The Hall–Kier alpha value is -2.99. The van der Waals surface area contributed by atoms with Crippen molar-refractivity contribution in [3.63, 3.8) is 0 Å². The van der Waals surface area contributed by atoms with Crippen molar-refractivity contribution in [3.05, 3.63) is 74.3 Å². The molecule has 0 unspecified atom stereocenters. The van der Waals surface area contributed by atoms with Gasteiger partial charge in [-0.3, -0.25) is 14.5 Å². The minimum atomic E-state index is -0.515. The first-order chi connectivity index (χ1) is 13.8. The monoisotopic (exact) mass is 393 g/mol. The molecule has 1 amide bonds. The maximum atomic E-state index is 14.3. The summed E-state index contributed by atoms with van der Waals surface area (Å²) in [6.45, 7) is 7.00. The standard InChI is InChI=1S/C23H24FN3O2/c1-13-8-14(2)10-16(9-13)25-20(28)12-27-7-6-19-17(11-27)23(29)21-18(24)5-4-15(3)22(21)26-19/h4-5,8-10H,6-7,11-12H2,1-3H3,(H,25,28)(H,26,29). The maximum absolute atomic E-state index is 14.3. The number of aromatic amines is 1. The van der Waals surface area contributed by atoms with Gasteiger partial charge in [-0.2, -0.15) is 0 Å². The number of benzene rings is 2.